The third-order valence-corrected chi connectivity index (χ3v) is 6.21. The van der Waals surface area contributed by atoms with Crippen LogP contribution >= 0.6 is 0 Å². The predicted octanol–water partition coefficient (Wildman–Crippen LogP) is 1.49. The van der Waals surface area contributed by atoms with Crippen LogP contribution in [0, 0.1) is 6.92 Å². The summed E-state index contributed by atoms with van der Waals surface area (Å²) in [5.41, 5.74) is 2.12. The van der Waals surface area contributed by atoms with Crippen molar-refractivity contribution in [1.82, 2.24) is 15.1 Å². The first-order valence-electron chi connectivity index (χ1n) is 8.05. The molecule has 3 rings (SSSR count). The maximum atomic E-state index is 12.4. The molecule has 1 fully saturated rings. The van der Waals surface area contributed by atoms with Crippen LogP contribution in [0.3, 0.4) is 0 Å². The van der Waals surface area contributed by atoms with Crippen LogP contribution < -0.4 is 10.1 Å². The van der Waals surface area contributed by atoms with Crippen LogP contribution in [0.25, 0.3) is 0 Å². The first-order chi connectivity index (χ1) is 11.9. The van der Waals surface area contributed by atoms with Crippen LogP contribution in [0.2, 0.25) is 0 Å². The molecule has 0 aliphatic carbocycles. The van der Waals surface area contributed by atoms with Gasteiger partial charge in [-0.2, -0.15) is 5.10 Å². The van der Waals surface area contributed by atoms with Crippen LogP contribution in [0.4, 0.5) is 0 Å². The number of nitrogens with one attached hydrogen (secondary N) is 1. The van der Waals surface area contributed by atoms with Gasteiger partial charge in [-0.3, -0.25) is 9.48 Å². The van der Waals surface area contributed by atoms with Crippen LogP contribution in [-0.2, 0) is 16.4 Å². The van der Waals surface area contributed by atoms with Crippen molar-refractivity contribution in [3.05, 3.63) is 47.3 Å². The van der Waals surface area contributed by atoms with Crippen LogP contribution in [-0.4, -0.2) is 42.7 Å². The first-order valence-corrected chi connectivity index (χ1v) is 9.87. The lowest BCUT2D eigenvalue weighted by atomic mass is 10.2. The normalized spacial score (nSPS) is 18.9. The highest BCUT2D eigenvalue weighted by Crippen LogP contribution is 2.25. The lowest BCUT2D eigenvalue weighted by molar-refractivity contribution is 0.0950. The molecule has 0 spiro atoms. The zero-order valence-corrected chi connectivity index (χ0v) is 15.0. The van der Waals surface area contributed by atoms with E-state index in [0.717, 1.165) is 11.3 Å². The third kappa shape index (κ3) is 3.84. The van der Waals surface area contributed by atoms with Crippen molar-refractivity contribution >= 4 is 15.7 Å². The highest BCUT2D eigenvalue weighted by atomic mass is 32.2. The summed E-state index contributed by atoms with van der Waals surface area (Å²) < 4.78 is 30.0. The lowest BCUT2D eigenvalue weighted by Crippen LogP contribution is -2.23. The molecule has 8 heteroatoms. The van der Waals surface area contributed by atoms with Gasteiger partial charge in [0.05, 0.1) is 36.4 Å². The molecular formula is C17H21N3O4S. The van der Waals surface area contributed by atoms with E-state index in [1.807, 2.05) is 24.3 Å². The second kappa shape index (κ2) is 6.87. The fraction of sp³-hybridized carbons (Fsp3) is 0.412. The van der Waals surface area contributed by atoms with E-state index in [4.69, 9.17) is 4.74 Å². The molecule has 0 radical (unpaired) electrons. The molecule has 1 aliphatic rings. The van der Waals surface area contributed by atoms with E-state index < -0.39 is 9.84 Å². The van der Waals surface area contributed by atoms with Gasteiger partial charge in [-0.25, -0.2) is 8.42 Å². The molecule has 2 heterocycles. The van der Waals surface area contributed by atoms with E-state index >= 15 is 0 Å². The topological polar surface area (TPSA) is 90.3 Å². The number of carbonyl (C=O) groups excluding carboxylic acids is 1. The van der Waals surface area contributed by atoms with Gasteiger partial charge in [0.15, 0.2) is 9.84 Å². The largest absolute Gasteiger partial charge is 0.497 e. The lowest BCUT2D eigenvalue weighted by Gasteiger charge is -2.11. The van der Waals surface area contributed by atoms with Gasteiger partial charge < -0.3 is 10.1 Å². The summed E-state index contributed by atoms with van der Waals surface area (Å²) in [6.07, 6.45) is 2.04. The number of rotatable bonds is 5. The number of amides is 1. The summed E-state index contributed by atoms with van der Waals surface area (Å²) in [5, 5.41) is 7.10. The van der Waals surface area contributed by atoms with E-state index in [-0.39, 0.29) is 23.5 Å². The molecule has 0 saturated carbocycles. The molecule has 1 aromatic heterocycles. The van der Waals surface area contributed by atoms with Gasteiger partial charge in [-0.1, -0.05) is 12.1 Å². The Morgan fingerprint density at radius 1 is 1.36 bits per heavy atom. The van der Waals surface area contributed by atoms with Gasteiger partial charge in [0.2, 0.25) is 0 Å². The molecule has 1 amide bonds. The number of methoxy groups -OCH3 is 1. The Bertz CT molecular complexity index is 872. The summed E-state index contributed by atoms with van der Waals surface area (Å²) in [4.78, 5) is 12.4. The van der Waals surface area contributed by atoms with Gasteiger partial charge in [-0.15, -0.1) is 0 Å². The van der Waals surface area contributed by atoms with Crippen molar-refractivity contribution in [3.63, 3.8) is 0 Å². The molecule has 7 nitrogen and oxygen atoms in total. The Morgan fingerprint density at radius 2 is 2.08 bits per heavy atom. The average Bonchev–Trinajstić information content (AvgIpc) is 3.15. The summed E-state index contributed by atoms with van der Waals surface area (Å²) >= 11 is 0. The fourth-order valence-electron chi connectivity index (χ4n) is 3.00. The van der Waals surface area contributed by atoms with Gasteiger partial charge in [0.1, 0.15) is 5.75 Å². The summed E-state index contributed by atoms with van der Waals surface area (Å²) in [6, 6.07) is 7.27. The number of benzene rings is 1. The number of aromatic nitrogens is 2. The zero-order valence-electron chi connectivity index (χ0n) is 14.2. The Labute approximate surface area is 146 Å². The molecule has 2 aromatic rings. The van der Waals surface area contributed by atoms with Gasteiger partial charge in [0, 0.05) is 12.2 Å². The van der Waals surface area contributed by atoms with Crippen LogP contribution in [0.5, 0.6) is 5.75 Å². The Balaban J connectivity index is 1.66. The van der Waals surface area contributed by atoms with Crippen molar-refractivity contribution in [1.29, 1.82) is 0 Å². The second-order valence-corrected chi connectivity index (χ2v) is 8.40. The number of hydrogen-bond donors (Lipinski definition) is 1. The fourth-order valence-corrected chi connectivity index (χ4v) is 4.70. The number of hydrogen-bond acceptors (Lipinski definition) is 5. The molecule has 25 heavy (non-hydrogen) atoms. The van der Waals surface area contributed by atoms with E-state index in [1.165, 1.54) is 6.20 Å². The maximum Gasteiger partial charge on any atom is 0.255 e. The minimum absolute atomic E-state index is 0.0857. The van der Waals surface area contributed by atoms with Gasteiger partial charge >= 0.3 is 0 Å². The molecule has 1 unspecified atom stereocenters. The number of carbonyl (C=O) groups is 1. The quantitative estimate of drug-likeness (QED) is 0.869. The molecule has 0 bridgehead atoms. The predicted molar refractivity (Wildman–Crippen MR) is 93.4 cm³/mol. The number of nitrogens with zero attached hydrogens (tertiary/aromatic N) is 2. The SMILES string of the molecule is COc1ccc(CNC(=O)c2cnn(C3CCS(=O)(=O)C3)c2C)cc1. The maximum absolute atomic E-state index is 12.4. The molecule has 1 aliphatic heterocycles. The van der Waals surface area contributed by atoms with Crippen molar-refractivity contribution in [2.75, 3.05) is 18.6 Å². The zero-order chi connectivity index (χ0) is 18.0. The summed E-state index contributed by atoms with van der Waals surface area (Å²) in [5.74, 6) is 0.803. The Hall–Kier alpha value is -2.35. The van der Waals surface area contributed by atoms with Crippen molar-refractivity contribution in [2.45, 2.75) is 25.9 Å². The standard InChI is InChI=1S/C17H21N3O4S/c1-12-16(10-19-20(12)14-7-8-25(22,23)11-14)17(21)18-9-13-3-5-15(24-2)6-4-13/h3-6,10,14H,7-9,11H2,1-2H3,(H,18,21). The van der Waals surface area contributed by atoms with E-state index in [0.29, 0.717) is 24.2 Å². The number of ether oxygens (including phenoxy) is 1. The summed E-state index contributed by atoms with van der Waals surface area (Å²) in [6.45, 7) is 2.19. The van der Waals surface area contributed by atoms with Crippen LogP contribution in [0.15, 0.2) is 30.5 Å². The minimum Gasteiger partial charge on any atom is -0.497 e. The average molecular weight is 363 g/mol. The van der Waals surface area contributed by atoms with Crippen molar-refractivity contribution in [3.8, 4) is 5.75 Å². The smallest absolute Gasteiger partial charge is 0.255 e. The highest BCUT2D eigenvalue weighted by Gasteiger charge is 2.31. The minimum atomic E-state index is -3.00. The third-order valence-electron chi connectivity index (χ3n) is 4.46. The molecule has 1 aromatic carbocycles. The first kappa shape index (κ1) is 17.5. The van der Waals surface area contributed by atoms with Crippen LogP contribution in [0.1, 0.15) is 34.1 Å². The number of sulfone groups is 1. The van der Waals surface area contributed by atoms with E-state index in [1.54, 1.807) is 18.7 Å². The van der Waals surface area contributed by atoms with Crippen molar-refractivity contribution < 1.29 is 17.9 Å². The molecule has 1 atom stereocenters. The van der Waals surface area contributed by atoms with E-state index in [2.05, 4.69) is 10.4 Å². The molecule has 1 saturated heterocycles. The Morgan fingerprint density at radius 3 is 2.68 bits per heavy atom. The highest BCUT2D eigenvalue weighted by molar-refractivity contribution is 7.91. The van der Waals surface area contributed by atoms with Gasteiger partial charge in [0.25, 0.3) is 5.91 Å². The Kier molecular flexibility index (Phi) is 4.80. The molecule has 1 N–H and O–H groups in total. The second-order valence-electron chi connectivity index (χ2n) is 6.18. The van der Waals surface area contributed by atoms with E-state index in [9.17, 15) is 13.2 Å². The summed E-state index contributed by atoms with van der Waals surface area (Å²) in [7, 11) is -1.39. The monoisotopic (exact) mass is 363 g/mol. The van der Waals surface area contributed by atoms with Crippen molar-refractivity contribution in [2.24, 2.45) is 0 Å². The van der Waals surface area contributed by atoms with Gasteiger partial charge in [-0.05, 0) is 31.0 Å². The molecule has 134 valence electrons. The molecular weight excluding hydrogens is 342 g/mol.